The number of nitrogens with zero attached hydrogens (tertiary/aromatic N) is 1. The number of hydrogen-bond donors (Lipinski definition) is 10. The number of amides is 4. The molecule has 43 heavy (non-hydrogen) atoms. The lowest BCUT2D eigenvalue weighted by molar-refractivity contribution is -0.142. The first-order valence-corrected chi connectivity index (χ1v) is 13.3. The zero-order chi connectivity index (χ0) is 32.1. The van der Waals surface area contributed by atoms with Crippen molar-refractivity contribution in [1.29, 1.82) is 0 Å². The Labute approximate surface area is 245 Å². The highest BCUT2D eigenvalue weighted by molar-refractivity contribution is 5.96. The summed E-state index contributed by atoms with van der Waals surface area (Å²) in [5, 5.41) is 26.3. The van der Waals surface area contributed by atoms with Gasteiger partial charge in [0.2, 0.25) is 23.6 Å². The fourth-order valence-electron chi connectivity index (χ4n) is 4.13. The molecule has 2 rings (SSSR count). The Morgan fingerprint density at radius 3 is 2.12 bits per heavy atom. The Morgan fingerprint density at radius 2 is 1.49 bits per heavy atom. The van der Waals surface area contributed by atoms with E-state index in [-0.39, 0.29) is 44.6 Å². The predicted molar refractivity (Wildman–Crippen MR) is 154 cm³/mol. The molecule has 4 amide bonds. The molecule has 0 saturated heterocycles. The van der Waals surface area contributed by atoms with E-state index in [0.29, 0.717) is 5.56 Å². The molecule has 234 valence electrons. The van der Waals surface area contributed by atoms with Gasteiger partial charge in [0.15, 0.2) is 5.96 Å². The van der Waals surface area contributed by atoms with Crippen molar-refractivity contribution in [2.45, 2.75) is 62.7 Å². The van der Waals surface area contributed by atoms with E-state index in [1.54, 1.807) is 30.5 Å². The summed E-state index contributed by atoms with van der Waals surface area (Å²) in [7, 11) is 0. The van der Waals surface area contributed by atoms with Crippen LogP contribution in [0, 0.1) is 0 Å². The molecule has 14 N–H and O–H groups in total. The van der Waals surface area contributed by atoms with Crippen molar-refractivity contribution in [2.24, 2.45) is 27.9 Å². The Morgan fingerprint density at radius 1 is 0.860 bits per heavy atom. The molecule has 0 radical (unpaired) electrons. The van der Waals surface area contributed by atoms with Gasteiger partial charge in [-0.3, -0.25) is 29.0 Å². The highest BCUT2D eigenvalue weighted by atomic mass is 16.4. The van der Waals surface area contributed by atoms with Gasteiger partial charge in [-0.05, 0) is 30.9 Å². The van der Waals surface area contributed by atoms with Gasteiger partial charge in [-0.2, -0.15) is 0 Å². The third-order valence-electron chi connectivity index (χ3n) is 6.34. The van der Waals surface area contributed by atoms with Gasteiger partial charge >= 0.3 is 11.9 Å². The van der Waals surface area contributed by atoms with Crippen molar-refractivity contribution >= 4 is 52.4 Å². The summed E-state index contributed by atoms with van der Waals surface area (Å²) in [5.74, 6) is -6.40. The number of carboxylic acids is 2. The smallest absolute Gasteiger partial charge is 0.326 e. The molecule has 0 aliphatic carbocycles. The lowest BCUT2D eigenvalue weighted by Gasteiger charge is -2.24. The molecule has 0 fully saturated rings. The molecule has 1 heterocycles. The monoisotopic (exact) mass is 603 g/mol. The number of para-hydroxylation sites is 1. The summed E-state index contributed by atoms with van der Waals surface area (Å²) in [4.78, 5) is 80.5. The van der Waals surface area contributed by atoms with Gasteiger partial charge in [0.05, 0.1) is 12.5 Å². The van der Waals surface area contributed by atoms with Gasteiger partial charge in [0, 0.05) is 36.5 Å². The van der Waals surface area contributed by atoms with Crippen LogP contribution < -0.4 is 38.9 Å². The maximum Gasteiger partial charge on any atom is 0.326 e. The number of aromatic nitrogens is 1. The number of aliphatic carboxylic acids is 2. The van der Waals surface area contributed by atoms with Crippen LogP contribution in [-0.2, 0) is 35.2 Å². The second-order valence-corrected chi connectivity index (χ2v) is 9.74. The summed E-state index contributed by atoms with van der Waals surface area (Å²) >= 11 is 0. The third kappa shape index (κ3) is 11.3. The number of guanidine groups is 1. The summed E-state index contributed by atoms with van der Waals surface area (Å²) in [6, 6.07) is 1.59. The van der Waals surface area contributed by atoms with E-state index in [1.165, 1.54) is 0 Å². The highest BCUT2D eigenvalue weighted by Gasteiger charge is 2.31. The van der Waals surface area contributed by atoms with Crippen LogP contribution in [0.5, 0.6) is 0 Å². The first-order chi connectivity index (χ1) is 20.3. The van der Waals surface area contributed by atoms with Crippen LogP contribution in [-0.4, -0.2) is 87.4 Å². The Kier molecular flexibility index (Phi) is 12.9. The van der Waals surface area contributed by atoms with Crippen molar-refractivity contribution in [3.63, 3.8) is 0 Å². The first kappa shape index (κ1) is 34.0. The van der Waals surface area contributed by atoms with E-state index in [2.05, 4.69) is 25.9 Å². The molecule has 17 heteroatoms. The summed E-state index contributed by atoms with van der Waals surface area (Å²) in [6.45, 7) is 0.104. The molecule has 0 bridgehead atoms. The summed E-state index contributed by atoms with van der Waals surface area (Å²) in [6.07, 6.45) is 0.422. The topological polar surface area (TPSA) is 311 Å². The highest BCUT2D eigenvalue weighted by Crippen LogP contribution is 2.19. The molecule has 0 saturated carbocycles. The zero-order valence-corrected chi connectivity index (χ0v) is 23.2. The number of rotatable bonds is 18. The zero-order valence-electron chi connectivity index (χ0n) is 23.2. The number of carbonyl (C=O) groups is 6. The molecular weight excluding hydrogens is 566 g/mol. The number of H-pyrrole nitrogens is 1. The van der Waals surface area contributed by atoms with E-state index < -0.39 is 66.2 Å². The molecule has 1 aromatic carbocycles. The van der Waals surface area contributed by atoms with Gasteiger partial charge in [0.1, 0.15) is 18.1 Å². The predicted octanol–water partition coefficient (Wildman–Crippen LogP) is -2.63. The number of hydrogen-bond acceptors (Lipinski definition) is 8. The standard InChI is InChI=1S/C26H37N9O8/c27-15(7-8-21(37)38)22(39)34-18(10-13-12-32-16-5-2-1-4-14(13)16)23(40)35-19(11-20(28)36)24(41)33-17(25(42)43)6-3-9-31-26(29)30/h1-2,4-5,12,15,17-19,32H,3,6-11,27H2,(H2,28,36)(H,33,41)(H,34,39)(H,35,40)(H,37,38)(H,42,43)(H4,29,30,31). The van der Waals surface area contributed by atoms with E-state index in [4.69, 9.17) is 28.0 Å². The Bertz CT molecular complexity index is 1360. The maximum absolute atomic E-state index is 13.5. The average Bonchev–Trinajstić information content (AvgIpc) is 3.34. The van der Waals surface area contributed by atoms with Crippen LogP contribution in [0.3, 0.4) is 0 Å². The fraction of sp³-hybridized carbons (Fsp3) is 0.423. The second-order valence-electron chi connectivity index (χ2n) is 9.74. The third-order valence-corrected chi connectivity index (χ3v) is 6.34. The van der Waals surface area contributed by atoms with Gasteiger partial charge < -0.3 is 54.1 Å². The van der Waals surface area contributed by atoms with Crippen molar-refractivity contribution < 1.29 is 39.0 Å². The molecule has 4 unspecified atom stereocenters. The number of aromatic amines is 1. The molecule has 4 atom stereocenters. The van der Waals surface area contributed by atoms with Crippen LogP contribution in [0.1, 0.15) is 37.7 Å². The quantitative estimate of drug-likeness (QED) is 0.0477. The Balaban J connectivity index is 2.26. The van der Waals surface area contributed by atoms with Crippen LogP contribution in [0.25, 0.3) is 10.9 Å². The van der Waals surface area contributed by atoms with Crippen LogP contribution >= 0.6 is 0 Å². The maximum atomic E-state index is 13.5. The van der Waals surface area contributed by atoms with E-state index in [1.807, 2.05) is 0 Å². The number of nitrogens with two attached hydrogens (primary N) is 4. The lowest BCUT2D eigenvalue weighted by atomic mass is 10.0. The SMILES string of the molecule is NC(=O)CC(NC(=O)C(Cc1c[nH]c2ccccc12)NC(=O)C(N)CCC(=O)O)C(=O)NC(CCCN=C(N)N)C(=O)O. The first-order valence-electron chi connectivity index (χ1n) is 13.3. The summed E-state index contributed by atoms with van der Waals surface area (Å²) in [5.41, 5.74) is 23.0. The number of nitrogens with one attached hydrogen (secondary N) is 4. The van der Waals surface area contributed by atoms with E-state index >= 15 is 0 Å². The number of aliphatic imine (C=N–C) groups is 1. The number of benzene rings is 1. The van der Waals surface area contributed by atoms with Crippen molar-refractivity contribution in [1.82, 2.24) is 20.9 Å². The van der Waals surface area contributed by atoms with Gasteiger partial charge in [-0.25, -0.2) is 4.79 Å². The number of carboxylic acid groups (broad SMARTS) is 2. The lowest BCUT2D eigenvalue weighted by Crippen LogP contribution is -2.58. The molecule has 2 aromatic rings. The van der Waals surface area contributed by atoms with Gasteiger partial charge in [-0.1, -0.05) is 18.2 Å². The van der Waals surface area contributed by atoms with Crippen LogP contribution in [0.2, 0.25) is 0 Å². The minimum Gasteiger partial charge on any atom is -0.481 e. The average molecular weight is 604 g/mol. The Hall–Kier alpha value is -5.19. The molecule has 1 aromatic heterocycles. The molecular formula is C26H37N9O8. The van der Waals surface area contributed by atoms with Gasteiger partial charge in [0.25, 0.3) is 0 Å². The van der Waals surface area contributed by atoms with E-state index in [9.17, 15) is 33.9 Å². The van der Waals surface area contributed by atoms with Gasteiger partial charge in [-0.15, -0.1) is 0 Å². The number of carbonyl (C=O) groups excluding carboxylic acids is 4. The fourth-order valence-corrected chi connectivity index (χ4v) is 4.13. The number of fused-ring (bicyclic) bond motifs is 1. The minimum atomic E-state index is -1.59. The van der Waals surface area contributed by atoms with Crippen molar-refractivity contribution in [3.8, 4) is 0 Å². The van der Waals surface area contributed by atoms with Crippen LogP contribution in [0.4, 0.5) is 0 Å². The minimum absolute atomic E-state index is 0.0669. The summed E-state index contributed by atoms with van der Waals surface area (Å²) < 4.78 is 0. The largest absolute Gasteiger partial charge is 0.481 e. The molecule has 17 nitrogen and oxygen atoms in total. The second kappa shape index (κ2) is 16.3. The van der Waals surface area contributed by atoms with Crippen LogP contribution in [0.15, 0.2) is 35.5 Å². The molecule has 0 spiro atoms. The number of primary amides is 1. The van der Waals surface area contributed by atoms with Crippen molar-refractivity contribution in [2.75, 3.05) is 6.54 Å². The van der Waals surface area contributed by atoms with Crippen molar-refractivity contribution in [3.05, 3.63) is 36.0 Å². The van der Waals surface area contributed by atoms with E-state index in [0.717, 1.165) is 10.9 Å². The molecule has 0 aliphatic rings. The molecule has 0 aliphatic heterocycles. The normalized spacial score (nSPS) is 13.6.